The summed E-state index contributed by atoms with van der Waals surface area (Å²) in [5.74, 6) is 0.260. The van der Waals surface area contributed by atoms with Gasteiger partial charge in [0.05, 0.1) is 13.2 Å². The average Bonchev–Trinajstić information content (AvgIpc) is 3.49. The fourth-order valence-electron chi connectivity index (χ4n) is 7.16. The van der Waals surface area contributed by atoms with E-state index in [0.29, 0.717) is 34.5 Å². The van der Waals surface area contributed by atoms with Crippen molar-refractivity contribution < 1.29 is 9.53 Å². The largest absolute Gasteiger partial charge is 0.380 e. The van der Waals surface area contributed by atoms with Gasteiger partial charge in [0.2, 0.25) is 0 Å². The number of hydrogen-bond acceptors (Lipinski definition) is 10. The van der Waals surface area contributed by atoms with Crippen LogP contribution in [0, 0.1) is 12.3 Å². The molecule has 5 N–H and O–H groups in total. The van der Waals surface area contributed by atoms with Crippen LogP contribution in [0.2, 0.25) is 0 Å². The lowest BCUT2D eigenvalue weighted by atomic mass is 9.64. The molecule has 3 aromatic rings. The summed E-state index contributed by atoms with van der Waals surface area (Å²) >= 11 is 0. The second-order valence-electron chi connectivity index (χ2n) is 12.9. The number of nitrogens with one attached hydrogen (secondary N) is 3. The summed E-state index contributed by atoms with van der Waals surface area (Å²) in [4.78, 5) is 29.7. The first-order chi connectivity index (χ1) is 20.9. The lowest BCUT2D eigenvalue weighted by molar-refractivity contribution is -0.159. The average molecular weight is 587 g/mol. The highest BCUT2D eigenvalue weighted by atomic mass is 16.5. The molecule has 12 heteroatoms. The van der Waals surface area contributed by atoms with E-state index in [2.05, 4.69) is 66.6 Å². The molecule has 43 heavy (non-hydrogen) atoms. The standard InChI is InChI=1S/C31H42N10O2/c1-20-15-21(3-4-25(20)41-9-6-23(7-10-41)40-13-11-39(2)12-14-40)34-30-27(28(32)42)36-26(24-5-8-33-38-24)29(37-30)35-22-16-31(17-22)18-43-19-31/h3-5,8,15,22-23H,6-7,9-14,16-19H2,1-2H3,(H2,32,42)(H,33,38)(H2,34,35,37). The lowest BCUT2D eigenvalue weighted by Gasteiger charge is -2.53. The molecular weight excluding hydrogens is 544 g/mol. The number of amides is 1. The van der Waals surface area contributed by atoms with Gasteiger partial charge in [-0.15, -0.1) is 0 Å². The molecule has 2 aromatic heterocycles. The van der Waals surface area contributed by atoms with Gasteiger partial charge in [0.25, 0.3) is 5.91 Å². The fraction of sp³-hybridized carbons (Fsp3) is 0.548. The van der Waals surface area contributed by atoms with Crippen LogP contribution < -0.4 is 21.3 Å². The number of ether oxygens (including phenoxy) is 1. The maximum absolute atomic E-state index is 12.6. The highest BCUT2D eigenvalue weighted by molar-refractivity contribution is 5.97. The monoisotopic (exact) mass is 586 g/mol. The number of piperidine rings is 1. The number of carbonyl (C=O) groups excluding carboxylic acids is 1. The molecule has 12 nitrogen and oxygen atoms in total. The van der Waals surface area contributed by atoms with Crippen LogP contribution in [0.15, 0.2) is 30.5 Å². The van der Waals surface area contributed by atoms with Crippen molar-refractivity contribution in [1.82, 2.24) is 30.0 Å². The van der Waals surface area contributed by atoms with Gasteiger partial charge >= 0.3 is 0 Å². The summed E-state index contributed by atoms with van der Waals surface area (Å²) in [5, 5.41) is 14.0. The quantitative estimate of drug-likeness (QED) is 0.311. The number of carbonyl (C=O) groups is 1. The van der Waals surface area contributed by atoms with Crippen molar-refractivity contribution in [3.63, 3.8) is 0 Å². The fourth-order valence-corrected chi connectivity index (χ4v) is 7.16. The smallest absolute Gasteiger partial charge is 0.271 e. The number of piperazine rings is 1. The number of aromatic nitrogens is 4. The van der Waals surface area contributed by atoms with E-state index in [4.69, 9.17) is 15.5 Å². The van der Waals surface area contributed by atoms with Crippen molar-refractivity contribution in [3.05, 3.63) is 41.7 Å². The summed E-state index contributed by atoms with van der Waals surface area (Å²) in [7, 11) is 2.21. The Morgan fingerprint density at radius 2 is 1.81 bits per heavy atom. The number of anilines is 4. The van der Waals surface area contributed by atoms with E-state index in [1.165, 1.54) is 37.2 Å². The first-order valence-electron chi connectivity index (χ1n) is 15.5. The summed E-state index contributed by atoms with van der Waals surface area (Å²) in [6.07, 6.45) is 6.13. The van der Waals surface area contributed by atoms with Gasteiger partial charge in [-0.05, 0) is 69.5 Å². The van der Waals surface area contributed by atoms with Crippen molar-refractivity contribution in [2.24, 2.45) is 11.1 Å². The third-order valence-electron chi connectivity index (χ3n) is 9.71. The highest BCUT2D eigenvalue weighted by Gasteiger charge is 2.50. The van der Waals surface area contributed by atoms with Gasteiger partial charge in [-0.25, -0.2) is 9.97 Å². The van der Waals surface area contributed by atoms with Crippen LogP contribution in [-0.2, 0) is 4.74 Å². The van der Waals surface area contributed by atoms with Gasteiger partial charge in [-0.1, -0.05) is 0 Å². The van der Waals surface area contributed by atoms with E-state index >= 15 is 0 Å². The zero-order valence-corrected chi connectivity index (χ0v) is 25.1. The first kappa shape index (κ1) is 28.1. The molecule has 7 rings (SSSR count). The molecule has 3 saturated heterocycles. The van der Waals surface area contributed by atoms with Crippen molar-refractivity contribution in [1.29, 1.82) is 0 Å². The van der Waals surface area contributed by atoms with Crippen LogP contribution in [-0.4, -0.2) is 107 Å². The zero-order chi connectivity index (χ0) is 29.6. The van der Waals surface area contributed by atoms with Crippen LogP contribution in [0.5, 0.6) is 0 Å². The van der Waals surface area contributed by atoms with Gasteiger partial charge in [0.1, 0.15) is 11.4 Å². The third-order valence-corrected chi connectivity index (χ3v) is 9.71. The highest BCUT2D eigenvalue weighted by Crippen LogP contribution is 2.48. The second kappa shape index (κ2) is 11.4. The van der Waals surface area contributed by atoms with Crippen molar-refractivity contribution in [3.8, 4) is 11.4 Å². The third kappa shape index (κ3) is 5.66. The molecule has 1 amide bonds. The number of likely N-dealkylation sites (N-methyl/N-ethyl adjacent to an activating group) is 1. The molecule has 228 valence electrons. The lowest BCUT2D eigenvalue weighted by Crippen LogP contribution is -2.56. The first-order valence-corrected chi connectivity index (χ1v) is 15.5. The summed E-state index contributed by atoms with van der Waals surface area (Å²) in [5.41, 5.74) is 10.5. The topological polar surface area (TPSA) is 141 Å². The van der Waals surface area contributed by atoms with Crippen molar-refractivity contribution in [2.45, 2.75) is 44.7 Å². The van der Waals surface area contributed by atoms with Gasteiger partial charge in [0.15, 0.2) is 17.3 Å². The van der Waals surface area contributed by atoms with Gasteiger partial charge in [-0.2, -0.15) is 5.10 Å². The minimum absolute atomic E-state index is 0.0775. The molecule has 4 aliphatic rings. The van der Waals surface area contributed by atoms with Crippen LogP contribution in [0.25, 0.3) is 11.4 Å². The van der Waals surface area contributed by atoms with Crippen LogP contribution >= 0.6 is 0 Å². The van der Waals surface area contributed by atoms with Crippen LogP contribution in [0.4, 0.5) is 23.0 Å². The minimum atomic E-state index is -0.649. The Bertz CT molecular complexity index is 1450. The normalized spacial score (nSPS) is 21.4. The molecule has 1 aromatic carbocycles. The molecule has 1 spiro atoms. The Hall–Kier alpha value is -3.74. The predicted octanol–water partition coefficient (Wildman–Crippen LogP) is 2.82. The van der Waals surface area contributed by atoms with Crippen molar-refractivity contribution in [2.75, 3.05) is 75.1 Å². The maximum atomic E-state index is 12.6. The maximum Gasteiger partial charge on any atom is 0.271 e. The summed E-state index contributed by atoms with van der Waals surface area (Å²) < 4.78 is 5.44. The number of rotatable bonds is 8. The van der Waals surface area contributed by atoms with E-state index < -0.39 is 5.91 Å². The Labute approximate surface area is 252 Å². The number of primary amides is 1. The summed E-state index contributed by atoms with van der Waals surface area (Å²) in [6.45, 7) is 10.6. The van der Waals surface area contributed by atoms with E-state index in [9.17, 15) is 4.79 Å². The van der Waals surface area contributed by atoms with Gasteiger partial charge in [0, 0.05) is 74.3 Å². The number of nitrogens with two attached hydrogens (primary N) is 1. The number of aromatic amines is 1. The molecular formula is C31H42N10O2. The number of H-pyrrole nitrogens is 1. The number of nitrogens with zero attached hydrogens (tertiary/aromatic N) is 6. The molecule has 0 bridgehead atoms. The zero-order valence-electron chi connectivity index (χ0n) is 25.1. The van der Waals surface area contributed by atoms with E-state index in [0.717, 1.165) is 57.9 Å². The minimum Gasteiger partial charge on any atom is -0.380 e. The summed E-state index contributed by atoms with van der Waals surface area (Å²) in [6, 6.07) is 9.06. The second-order valence-corrected chi connectivity index (χ2v) is 12.9. The predicted molar refractivity (Wildman–Crippen MR) is 167 cm³/mol. The van der Waals surface area contributed by atoms with Gasteiger partial charge < -0.3 is 30.9 Å². The number of aryl methyl sites for hydroxylation is 1. The molecule has 4 fully saturated rings. The molecule has 1 saturated carbocycles. The Balaban J connectivity index is 1.08. The van der Waals surface area contributed by atoms with Crippen LogP contribution in [0.1, 0.15) is 41.7 Å². The van der Waals surface area contributed by atoms with Gasteiger partial charge in [-0.3, -0.25) is 14.8 Å². The van der Waals surface area contributed by atoms with E-state index in [-0.39, 0.29) is 11.7 Å². The number of hydrogen-bond donors (Lipinski definition) is 4. The number of benzene rings is 1. The SMILES string of the molecule is Cc1cc(Nc2nc(NC3CC4(COC4)C3)c(-c3cc[nH]n3)nc2C(N)=O)ccc1N1CCC(N2CCN(C)CC2)CC1. The molecule has 5 heterocycles. The van der Waals surface area contributed by atoms with E-state index in [1.54, 1.807) is 6.20 Å². The Morgan fingerprint density at radius 3 is 2.44 bits per heavy atom. The van der Waals surface area contributed by atoms with Crippen LogP contribution in [0.3, 0.4) is 0 Å². The Kier molecular flexibility index (Phi) is 7.44. The molecule has 1 aliphatic carbocycles. The van der Waals surface area contributed by atoms with E-state index in [1.807, 2.05) is 12.1 Å². The molecule has 3 aliphatic heterocycles. The Morgan fingerprint density at radius 1 is 1.05 bits per heavy atom. The molecule has 0 atom stereocenters. The van der Waals surface area contributed by atoms with Crippen molar-refractivity contribution >= 4 is 28.9 Å². The molecule has 0 unspecified atom stereocenters. The molecule has 0 radical (unpaired) electrons.